The van der Waals surface area contributed by atoms with Gasteiger partial charge in [0, 0.05) is 11.3 Å². The van der Waals surface area contributed by atoms with E-state index in [9.17, 15) is 27.9 Å². The minimum Gasteiger partial charge on any atom is -0.478 e. The number of aromatic carboxylic acids is 1. The fourth-order valence-electron chi connectivity index (χ4n) is 3.25. The van der Waals surface area contributed by atoms with Gasteiger partial charge in [-0.25, -0.2) is 18.1 Å². The maximum Gasteiger partial charge on any atom is 0.336 e. The van der Waals surface area contributed by atoms with Gasteiger partial charge in [0.15, 0.2) is 0 Å². The van der Waals surface area contributed by atoms with Crippen molar-refractivity contribution in [3.8, 4) is 0 Å². The monoisotopic (exact) mass is 518 g/mol. The summed E-state index contributed by atoms with van der Waals surface area (Å²) in [6.07, 6.45) is 0.531. The molecule has 0 bridgehead atoms. The van der Waals surface area contributed by atoms with Gasteiger partial charge in [0.1, 0.15) is 5.01 Å². The number of carbonyl (C=O) groups is 3. The van der Waals surface area contributed by atoms with Crippen LogP contribution < -0.4 is 9.62 Å². The Kier molecular flexibility index (Phi) is 6.68. The van der Waals surface area contributed by atoms with Gasteiger partial charge in [-0.2, -0.15) is 0 Å². The molecule has 13 heteroatoms. The number of carbonyl (C=O) groups excluding carboxylic acids is 2. The molecule has 2 amide bonds. The van der Waals surface area contributed by atoms with Crippen molar-refractivity contribution < 1.29 is 27.9 Å². The van der Waals surface area contributed by atoms with E-state index in [0.29, 0.717) is 16.3 Å². The van der Waals surface area contributed by atoms with Gasteiger partial charge in [0.25, 0.3) is 10.0 Å². The molecule has 4 rings (SSSR count). The Balaban J connectivity index is 1.51. The Labute approximate surface area is 203 Å². The van der Waals surface area contributed by atoms with E-state index >= 15 is 0 Å². The predicted octanol–water partition coefficient (Wildman–Crippen LogP) is 3.02. The van der Waals surface area contributed by atoms with Crippen molar-refractivity contribution in [2.45, 2.75) is 34.8 Å². The molecule has 0 aliphatic carbocycles. The molecular formula is C21H18N4O6S3. The highest BCUT2D eigenvalue weighted by Gasteiger charge is 2.40. The second-order valence-corrected chi connectivity index (χ2v) is 11.1. The van der Waals surface area contributed by atoms with Crippen LogP contribution in [0.2, 0.25) is 0 Å². The summed E-state index contributed by atoms with van der Waals surface area (Å²) in [6, 6.07) is 11.6. The molecule has 3 aromatic rings. The zero-order chi connectivity index (χ0) is 24.5. The summed E-state index contributed by atoms with van der Waals surface area (Å²) in [5.41, 5.74) is 0.280. The Hall–Kier alpha value is -3.29. The lowest BCUT2D eigenvalue weighted by molar-refractivity contribution is -0.121. The number of hydrogen-bond donors (Lipinski definition) is 2. The van der Waals surface area contributed by atoms with Gasteiger partial charge in [-0.05, 0) is 42.8 Å². The highest BCUT2D eigenvalue weighted by molar-refractivity contribution is 8.00. The lowest BCUT2D eigenvalue weighted by Gasteiger charge is -2.16. The van der Waals surface area contributed by atoms with Crippen molar-refractivity contribution >= 4 is 61.7 Å². The highest BCUT2D eigenvalue weighted by atomic mass is 32.2. The van der Waals surface area contributed by atoms with Crippen LogP contribution in [0, 0.1) is 0 Å². The largest absolute Gasteiger partial charge is 0.478 e. The number of nitrogens with one attached hydrogen (secondary N) is 1. The zero-order valence-electron chi connectivity index (χ0n) is 17.7. The summed E-state index contributed by atoms with van der Waals surface area (Å²) in [5.74, 6) is -2.07. The van der Waals surface area contributed by atoms with Crippen molar-refractivity contribution in [2.75, 3.05) is 9.62 Å². The summed E-state index contributed by atoms with van der Waals surface area (Å²) >= 11 is 2.15. The maximum absolute atomic E-state index is 12.9. The molecule has 34 heavy (non-hydrogen) atoms. The number of imide groups is 1. The number of carboxylic acid groups (broad SMARTS) is 1. The smallest absolute Gasteiger partial charge is 0.336 e. The molecule has 0 spiro atoms. The lowest BCUT2D eigenvalue weighted by atomic mass is 10.2. The molecule has 0 saturated carbocycles. The van der Waals surface area contributed by atoms with Crippen molar-refractivity contribution in [1.29, 1.82) is 0 Å². The molecule has 1 unspecified atom stereocenters. The van der Waals surface area contributed by atoms with Crippen LogP contribution in [0.1, 0.15) is 28.7 Å². The molecule has 1 aliphatic rings. The fourth-order valence-corrected chi connectivity index (χ4v) is 6.34. The third-order valence-corrected chi connectivity index (χ3v) is 8.62. The van der Waals surface area contributed by atoms with Crippen LogP contribution in [0.15, 0.2) is 58.3 Å². The number of thioether (sulfide) groups is 1. The van der Waals surface area contributed by atoms with E-state index in [0.717, 1.165) is 28.0 Å². The van der Waals surface area contributed by atoms with Crippen molar-refractivity contribution in [2.24, 2.45) is 0 Å². The van der Waals surface area contributed by atoms with Crippen LogP contribution >= 0.6 is 23.1 Å². The van der Waals surface area contributed by atoms with Crippen LogP contribution in [-0.2, 0) is 26.0 Å². The number of aryl methyl sites for hydroxylation is 1. The topological polar surface area (TPSA) is 147 Å². The lowest BCUT2D eigenvalue weighted by Crippen LogP contribution is -2.31. The van der Waals surface area contributed by atoms with Crippen LogP contribution in [0.4, 0.5) is 10.8 Å². The maximum atomic E-state index is 12.9. The molecule has 1 aromatic heterocycles. The number of benzene rings is 2. The van der Waals surface area contributed by atoms with E-state index in [-0.39, 0.29) is 27.7 Å². The molecule has 2 aromatic carbocycles. The van der Waals surface area contributed by atoms with Gasteiger partial charge in [0.2, 0.25) is 16.9 Å². The average Bonchev–Trinajstić information content (AvgIpc) is 3.37. The summed E-state index contributed by atoms with van der Waals surface area (Å²) < 4.78 is 27.6. The Morgan fingerprint density at radius 1 is 1.18 bits per heavy atom. The number of rotatable bonds is 8. The normalized spacial score (nSPS) is 16.1. The van der Waals surface area contributed by atoms with Gasteiger partial charge in [-0.15, -0.1) is 22.0 Å². The third-order valence-electron chi connectivity index (χ3n) is 4.89. The second-order valence-electron chi connectivity index (χ2n) is 7.13. The Morgan fingerprint density at radius 2 is 1.88 bits per heavy atom. The quantitative estimate of drug-likeness (QED) is 0.430. The Morgan fingerprint density at radius 3 is 2.53 bits per heavy atom. The average molecular weight is 519 g/mol. The van der Waals surface area contributed by atoms with Crippen molar-refractivity contribution in [3.05, 3.63) is 59.1 Å². The summed E-state index contributed by atoms with van der Waals surface area (Å²) in [6.45, 7) is 1.88. The standard InChI is InChI=1S/C21H18N4O6S3/c1-2-17-22-23-21(33-17)24-34(30,31)13-9-7-12(8-10-13)25-18(26)11-16(19(25)27)32-15-6-4-3-5-14(15)20(28)29/h3-10,16H,2,11H2,1H3,(H,23,24)(H,28,29). The molecule has 2 N–H and O–H groups in total. The predicted molar refractivity (Wildman–Crippen MR) is 127 cm³/mol. The molecule has 2 heterocycles. The number of aromatic nitrogens is 2. The van der Waals surface area contributed by atoms with Gasteiger partial charge in [-0.3, -0.25) is 14.3 Å². The number of nitrogens with zero attached hydrogens (tertiary/aromatic N) is 3. The highest BCUT2D eigenvalue weighted by Crippen LogP contribution is 2.36. The van der Waals surface area contributed by atoms with E-state index in [1.807, 2.05) is 6.92 Å². The van der Waals surface area contributed by atoms with Crippen LogP contribution in [0.25, 0.3) is 0 Å². The number of sulfonamides is 1. The number of anilines is 2. The first kappa shape index (κ1) is 23.9. The summed E-state index contributed by atoms with van der Waals surface area (Å²) in [7, 11) is -3.93. The minimum absolute atomic E-state index is 0.0507. The second kappa shape index (κ2) is 9.52. The van der Waals surface area contributed by atoms with E-state index < -0.39 is 33.1 Å². The number of amides is 2. The molecule has 1 fully saturated rings. The van der Waals surface area contributed by atoms with Gasteiger partial charge < -0.3 is 5.11 Å². The SMILES string of the molecule is CCc1nnc(NS(=O)(=O)c2ccc(N3C(=O)CC(Sc4ccccc4C(=O)O)C3=O)cc2)s1. The first-order chi connectivity index (χ1) is 16.2. The number of carboxylic acids is 1. The molecule has 1 atom stereocenters. The molecular weight excluding hydrogens is 500 g/mol. The number of hydrogen-bond acceptors (Lipinski definition) is 9. The Bertz CT molecular complexity index is 1370. The van der Waals surface area contributed by atoms with E-state index in [4.69, 9.17) is 0 Å². The zero-order valence-corrected chi connectivity index (χ0v) is 20.1. The summed E-state index contributed by atoms with van der Waals surface area (Å²) in [5, 5.41) is 17.1. The van der Waals surface area contributed by atoms with Crippen LogP contribution in [0.3, 0.4) is 0 Å². The molecule has 10 nitrogen and oxygen atoms in total. The fraction of sp³-hybridized carbons (Fsp3) is 0.190. The molecule has 1 saturated heterocycles. The van der Waals surface area contributed by atoms with Crippen molar-refractivity contribution in [1.82, 2.24) is 10.2 Å². The third kappa shape index (κ3) is 4.81. The van der Waals surface area contributed by atoms with E-state index in [1.165, 1.54) is 30.3 Å². The van der Waals surface area contributed by atoms with E-state index in [1.54, 1.807) is 18.2 Å². The van der Waals surface area contributed by atoms with Crippen LogP contribution in [-0.4, -0.2) is 46.8 Å². The van der Waals surface area contributed by atoms with Crippen molar-refractivity contribution in [3.63, 3.8) is 0 Å². The molecule has 176 valence electrons. The van der Waals surface area contributed by atoms with Gasteiger partial charge in [0.05, 0.1) is 21.4 Å². The van der Waals surface area contributed by atoms with Gasteiger partial charge in [-0.1, -0.05) is 30.4 Å². The molecule has 1 aliphatic heterocycles. The minimum atomic E-state index is -3.93. The van der Waals surface area contributed by atoms with Crippen LogP contribution in [0.5, 0.6) is 0 Å². The summed E-state index contributed by atoms with van der Waals surface area (Å²) in [4.78, 5) is 38.3. The molecule has 0 radical (unpaired) electrons. The van der Waals surface area contributed by atoms with Gasteiger partial charge >= 0.3 is 5.97 Å². The first-order valence-electron chi connectivity index (χ1n) is 10.0. The van der Waals surface area contributed by atoms with E-state index in [2.05, 4.69) is 14.9 Å². The first-order valence-corrected chi connectivity index (χ1v) is 13.2.